The predicted molar refractivity (Wildman–Crippen MR) is 93.3 cm³/mol. The van der Waals surface area contributed by atoms with Gasteiger partial charge in [-0.3, -0.25) is 4.79 Å². The van der Waals surface area contributed by atoms with Crippen LogP contribution in [0.5, 0.6) is 0 Å². The van der Waals surface area contributed by atoms with E-state index in [0.717, 1.165) is 37.7 Å². The molecule has 5 rings (SSSR count). The molecule has 0 heterocycles. The van der Waals surface area contributed by atoms with Crippen LogP contribution in [0.2, 0.25) is 0 Å². The van der Waals surface area contributed by atoms with Crippen molar-refractivity contribution in [3.8, 4) is 0 Å². The lowest BCUT2D eigenvalue weighted by Crippen LogP contribution is -2.58. The maximum absolute atomic E-state index is 13.4. The van der Waals surface area contributed by atoms with Crippen molar-refractivity contribution in [1.82, 2.24) is 4.90 Å². The van der Waals surface area contributed by atoms with Crippen LogP contribution in [0.1, 0.15) is 57.1 Å². The Morgan fingerprint density at radius 1 is 1.21 bits per heavy atom. The molecule has 1 aromatic rings. The van der Waals surface area contributed by atoms with Gasteiger partial charge in [-0.2, -0.15) is 0 Å². The van der Waals surface area contributed by atoms with Crippen molar-refractivity contribution in [3.63, 3.8) is 0 Å². The lowest BCUT2D eigenvalue weighted by molar-refractivity contribution is -0.156. The highest BCUT2D eigenvalue weighted by Crippen LogP contribution is 2.64. The number of nitrogens with zero attached hydrogens (tertiary/aromatic N) is 1. The lowest BCUT2D eigenvalue weighted by atomic mass is 9.49. The Morgan fingerprint density at radius 2 is 1.79 bits per heavy atom. The number of halogens is 2. The highest BCUT2D eigenvalue weighted by atomic mass is 35.5. The van der Waals surface area contributed by atoms with E-state index in [1.165, 1.54) is 18.6 Å². The molecule has 2 nitrogen and oxygen atoms in total. The summed E-state index contributed by atoms with van der Waals surface area (Å²) in [7, 11) is 1.88. The summed E-state index contributed by atoms with van der Waals surface area (Å²) in [6, 6.07) is 6.40. The number of alkyl halides is 1. The van der Waals surface area contributed by atoms with Gasteiger partial charge >= 0.3 is 0 Å². The smallest absolute Gasteiger partial charge is 0.229 e. The van der Waals surface area contributed by atoms with Gasteiger partial charge in [0.25, 0.3) is 0 Å². The molecular formula is C20H25ClFNO. The fraction of sp³-hybridized carbons (Fsp3) is 0.650. The maximum Gasteiger partial charge on any atom is 0.229 e. The summed E-state index contributed by atoms with van der Waals surface area (Å²) in [5.74, 6) is 1.22. The standard InChI is InChI=1S/C20H25ClFNO/c1-13(16-3-5-17(22)6-4-16)23(2)18(24)19-8-14-7-15(9-19)11-20(21,10-14)12-19/h3-6,13-15H,7-12H2,1-2H3/t13-,14-,15-,19?,20?/m1/s1. The van der Waals surface area contributed by atoms with Crippen molar-refractivity contribution in [1.29, 1.82) is 0 Å². The van der Waals surface area contributed by atoms with E-state index in [-0.39, 0.29) is 28.1 Å². The lowest BCUT2D eigenvalue weighted by Gasteiger charge is -2.59. The van der Waals surface area contributed by atoms with Gasteiger partial charge in [0.2, 0.25) is 5.91 Å². The first-order chi connectivity index (χ1) is 11.3. The quantitative estimate of drug-likeness (QED) is 0.709. The minimum absolute atomic E-state index is 0.0580. The van der Waals surface area contributed by atoms with E-state index in [2.05, 4.69) is 0 Å². The first-order valence-corrected chi connectivity index (χ1v) is 9.40. The zero-order valence-electron chi connectivity index (χ0n) is 14.4. The first-order valence-electron chi connectivity index (χ1n) is 9.02. The maximum atomic E-state index is 13.4. The summed E-state index contributed by atoms with van der Waals surface area (Å²) < 4.78 is 13.2. The number of carbonyl (C=O) groups is 1. The van der Waals surface area contributed by atoms with Gasteiger partial charge in [0.1, 0.15) is 5.82 Å². The Balaban J connectivity index is 1.57. The molecule has 4 bridgehead atoms. The van der Waals surface area contributed by atoms with E-state index in [0.29, 0.717) is 11.8 Å². The molecule has 4 saturated carbocycles. The summed E-state index contributed by atoms with van der Waals surface area (Å²) in [5, 5.41) is 0. The van der Waals surface area contributed by atoms with Crippen LogP contribution in [-0.4, -0.2) is 22.7 Å². The monoisotopic (exact) mass is 349 g/mol. The van der Waals surface area contributed by atoms with E-state index in [4.69, 9.17) is 11.6 Å². The van der Waals surface area contributed by atoms with Crippen molar-refractivity contribution in [2.24, 2.45) is 17.3 Å². The Labute approximate surface area is 148 Å². The van der Waals surface area contributed by atoms with Gasteiger partial charge in [0.05, 0.1) is 11.5 Å². The fourth-order valence-electron chi connectivity index (χ4n) is 5.92. The topological polar surface area (TPSA) is 20.3 Å². The summed E-state index contributed by atoms with van der Waals surface area (Å²) in [6.45, 7) is 2.02. The van der Waals surface area contributed by atoms with E-state index < -0.39 is 0 Å². The molecule has 0 aliphatic heterocycles. The van der Waals surface area contributed by atoms with Gasteiger partial charge in [0, 0.05) is 11.9 Å². The second kappa shape index (κ2) is 5.45. The van der Waals surface area contributed by atoms with E-state index in [9.17, 15) is 9.18 Å². The molecule has 4 aliphatic carbocycles. The van der Waals surface area contributed by atoms with E-state index in [1.807, 2.05) is 18.9 Å². The van der Waals surface area contributed by atoms with Crippen molar-refractivity contribution in [2.75, 3.05) is 7.05 Å². The number of amides is 1. The molecule has 1 aromatic carbocycles. The predicted octanol–water partition coefficient (Wildman–Crippen LogP) is 4.92. The van der Waals surface area contributed by atoms with E-state index >= 15 is 0 Å². The van der Waals surface area contributed by atoms with Gasteiger partial charge in [-0.15, -0.1) is 11.6 Å². The molecule has 4 fully saturated rings. The van der Waals surface area contributed by atoms with Crippen molar-refractivity contribution in [2.45, 2.75) is 56.4 Å². The molecule has 0 unspecified atom stereocenters. The minimum Gasteiger partial charge on any atom is -0.339 e. The molecular weight excluding hydrogens is 325 g/mol. The molecule has 0 saturated heterocycles. The average Bonchev–Trinajstić information content (AvgIpc) is 2.51. The second-order valence-electron chi connectivity index (χ2n) is 8.54. The molecule has 1 amide bonds. The minimum atomic E-state index is -0.269. The Kier molecular flexibility index (Phi) is 3.72. The number of hydrogen-bond acceptors (Lipinski definition) is 1. The molecule has 3 atom stereocenters. The molecule has 4 aliphatic rings. The second-order valence-corrected chi connectivity index (χ2v) is 9.34. The van der Waals surface area contributed by atoms with Crippen LogP contribution in [0.3, 0.4) is 0 Å². The number of benzene rings is 1. The van der Waals surface area contributed by atoms with Crippen LogP contribution in [0.15, 0.2) is 24.3 Å². The van der Waals surface area contributed by atoms with Crippen molar-refractivity contribution < 1.29 is 9.18 Å². The van der Waals surface area contributed by atoms with Gasteiger partial charge in [-0.1, -0.05) is 12.1 Å². The third-order valence-corrected chi connectivity index (χ3v) is 7.14. The van der Waals surface area contributed by atoms with E-state index in [1.54, 1.807) is 12.1 Å². The largest absolute Gasteiger partial charge is 0.339 e. The summed E-state index contributed by atoms with van der Waals surface area (Å²) in [4.78, 5) is 15.1. The zero-order chi connectivity index (χ0) is 17.1. The molecule has 0 radical (unpaired) electrons. The van der Waals surface area contributed by atoms with Crippen molar-refractivity contribution >= 4 is 17.5 Å². The van der Waals surface area contributed by atoms with Crippen molar-refractivity contribution in [3.05, 3.63) is 35.6 Å². The first kappa shape index (κ1) is 16.4. The highest BCUT2D eigenvalue weighted by Gasteiger charge is 2.60. The highest BCUT2D eigenvalue weighted by molar-refractivity contribution is 6.24. The van der Waals surface area contributed by atoms with Crippen LogP contribution >= 0.6 is 11.6 Å². The summed E-state index contributed by atoms with van der Waals surface area (Å²) >= 11 is 6.87. The van der Waals surface area contributed by atoms with Gasteiger partial charge in [-0.25, -0.2) is 4.39 Å². The van der Waals surface area contributed by atoms with Gasteiger partial charge in [-0.05, 0) is 75.0 Å². The number of rotatable bonds is 3. The van der Waals surface area contributed by atoms with Crippen LogP contribution in [0.4, 0.5) is 4.39 Å². The van der Waals surface area contributed by atoms with Crippen LogP contribution < -0.4 is 0 Å². The summed E-state index contributed by atoms with van der Waals surface area (Å²) in [6.07, 6.45) is 6.23. The normalized spacial score (nSPS) is 38.2. The van der Waals surface area contributed by atoms with Gasteiger partial charge in [0.15, 0.2) is 0 Å². The third-order valence-electron chi connectivity index (χ3n) is 6.70. The average molecular weight is 350 g/mol. The van der Waals surface area contributed by atoms with Crippen LogP contribution in [0.25, 0.3) is 0 Å². The third kappa shape index (κ3) is 2.56. The molecule has 0 aromatic heterocycles. The molecule has 0 N–H and O–H groups in total. The van der Waals surface area contributed by atoms with Crippen LogP contribution in [0, 0.1) is 23.1 Å². The Morgan fingerprint density at radius 3 is 2.33 bits per heavy atom. The Hall–Kier alpha value is -1.09. The zero-order valence-corrected chi connectivity index (χ0v) is 15.2. The molecule has 4 heteroatoms. The SMILES string of the molecule is C[C@H](c1ccc(F)cc1)N(C)C(=O)C12C[C@H]3C[C@@H](CC(Cl)(C3)C1)C2. The molecule has 0 spiro atoms. The fourth-order valence-corrected chi connectivity index (χ4v) is 6.61. The van der Waals surface area contributed by atoms with Gasteiger partial charge < -0.3 is 4.90 Å². The number of carbonyl (C=O) groups excluding carboxylic acids is 1. The molecule has 24 heavy (non-hydrogen) atoms. The number of hydrogen-bond donors (Lipinski definition) is 0. The van der Waals surface area contributed by atoms with Crippen LogP contribution in [-0.2, 0) is 4.79 Å². The summed E-state index contributed by atoms with van der Waals surface area (Å²) in [5.41, 5.74) is 0.701. The Bertz CT molecular complexity index is 644. The molecule has 130 valence electrons.